The van der Waals surface area contributed by atoms with Gasteiger partial charge in [0.2, 0.25) is 0 Å². The number of hydrogen-bond acceptors (Lipinski definition) is 5. The van der Waals surface area contributed by atoms with E-state index in [0.717, 1.165) is 24.2 Å². The van der Waals surface area contributed by atoms with E-state index in [9.17, 15) is 4.79 Å². The second kappa shape index (κ2) is 7.53. The lowest BCUT2D eigenvalue weighted by Gasteiger charge is -2.26. The van der Waals surface area contributed by atoms with Crippen LogP contribution in [0.3, 0.4) is 0 Å². The van der Waals surface area contributed by atoms with Crippen LogP contribution in [0.2, 0.25) is 0 Å². The molecule has 2 aromatic rings. The standard InChI is InChI=1S/C19H25N5O2/c1-14-11-17-21-22-18(13-26-12-15-3-2-4-15)24(17)10-9-23(14)19(25)16-5-7-20-8-6-16/h5-8,14-15H,2-4,9-13H2,1H3/t14-/m0/s1. The molecule has 0 saturated heterocycles. The maximum Gasteiger partial charge on any atom is 0.254 e. The lowest BCUT2D eigenvalue weighted by Crippen LogP contribution is -2.40. The minimum atomic E-state index is 0.0430. The van der Waals surface area contributed by atoms with Gasteiger partial charge in [-0.1, -0.05) is 6.42 Å². The van der Waals surface area contributed by atoms with E-state index in [2.05, 4.69) is 26.7 Å². The van der Waals surface area contributed by atoms with Gasteiger partial charge in [-0.3, -0.25) is 9.78 Å². The molecular formula is C19H25N5O2. The summed E-state index contributed by atoms with van der Waals surface area (Å²) in [7, 11) is 0. The van der Waals surface area contributed by atoms with E-state index in [4.69, 9.17) is 4.74 Å². The molecule has 0 radical (unpaired) electrons. The zero-order valence-corrected chi connectivity index (χ0v) is 15.2. The zero-order chi connectivity index (χ0) is 17.9. The second-order valence-corrected chi connectivity index (χ2v) is 7.28. The van der Waals surface area contributed by atoms with Gasteiger partial charge in [0.25, 0.3) is 5.91 Å². The molecule has 7 nitrogen and oxygen atoms in total. The number of aromatic nitrogens is 4. The summed E-state index contributed by atoms with van der Waals surface area (Å²) in [5.74, 6) is 2.56. The molecule has 1 fully saturated rings. The minimum Gasteiger partial charge on any atom is -0.373 e. The Morgan fingerprint density at radius 2 is 2.04 bits per heavy atom. The van der Waals surface area contributed by atoms with Gasteiger partial charge in [-0.2, -0.15) is 0 Å². The van der Waals surface area contributed by atoms with E-state index in [1.165, 1.54) is 19.3 Å². The van der Waals surface area contributed by atoms with Crippen LogP contribution in [0.1, 0.15) is 48.2 Å². The minimum absolute atomic E-state index is 0.0430. The van der Waals surface area contributed by atoms with Crippen LogP contribution in [0.25, 0.3) is 0 Å². The molecule has 1 amide bonds. The molecule has 0 spiro atoms. The van der Waals surface area contributed by atoms with Crippen molar-refractivity contribution in [2.24, 2.45) is 5.92 Å². The van der Waals surface area contributed by atoms with E-state index in [1.54, 1.807) is 24.5 Å². The highest BCUT2D eigenvalue weighted by atomic mass is 16.5. The Balaban J connectivity index is 1.42. The fourth-order valence-electron chi connectivity index (χ4n) is 3.63. The van der Waals surface area contributed by atoms with Crippen LogP contribution in [0.4, 0.5) is 0 Å². The third kappa shape index (κ3) is 3.49. The summed E-state index contributed by atoms with van der Waals surface area (Å²) in [4.78, 5) is 18.7. The number of carbonyl (C=O) groups is 1. The summed E-state index contributed by atoms with van der Waals surface area (Å²) in [6, 6.07) is 3.60. The SMILES string of the molecule is C[C@H]1Cc2nnc(COCC3CCC3)n2CCN1C(=O)c1ccncc1. The highest BCUT2D eigenvalue weighted by Gasteiger charge is 2.28. The van der Waals surface area contributed by atoms with Crippen LogP contribution in [-0.2, 0) is 24.3 Å². The quantitative estimate of drug-likeness (QED) is 0.821. The summed E-state index contributed by atoms with van der Waals surface area (Å²) in [5, 5.41) is 8.67. The Morgan fingerprint density at radius 3 is 2.77 bits per heavy atom. The summed E-state index contributed by atoms with van der Waals surface area (Å²) in [6.07, 6.45) is 7.90. The van der Waals surface area contributed by atoms with Gasteiger partial charge in [-0.15, -0.1) is 10.2 Å². The molecule has 7 heteroatoms. The predicted molar refractivity (Wildman–Crippen MR) is 95.5 cm³/mol. The molecule has 1 atom stereocenters. The number of pyridine rings is 1. The molecule has 0 bridgehead atoms. The number of amides is 1. The monoisotopic (exact) mass is 355 g/mol. The van der Waals surface area contributed by atoms with Crippen LogP contribution in [0.5, 0.6) is 0 Å². The Kier molecular flexibility index (Phi) is 4.97. The van der Waals surface area contributed by atoms with Gasteiger partial charge in [-0.05, 0) is 37.8 Å². The van der Waals surface area contributed by atoms with Crippen LogP contribution >= 0.6 is 0 Å². The van der Waals surface area contributed by atoms with Gasteiger partial charge >= 0.3 is 0 Å². The first kappa shape index (κ1) is 17.1. The first-order valence-corrected chi connectivity index (χ1v) is 9.42. The van der Waals surface area contributed by atoms with Crippen molar-refractivity contribution in [2.45, 2.75) is 51.8 Å². The molecule has 2 aliphatic rings. The van der Waals surface area contributed by atoms with Crippen molar-refractivity contribution in [2.75, 3.05) is 13.2 Å². The van der Waals surface area contributed by atoms with Crippen LogP contribution < -0.4 is 0 Å². The Bertz CT molecular complexity index is 757. The number of fused-ring (bicyclic) bond motifs is 1. The lowest BCUT2D eigenvalue weighted by molar-refractivity contribution is 0.0540. The van der Waals surface area contributed by atoms with Crippen LogP contribution in [0.15, 0.2) is 24.5 Å². The molecular weight excluding hydrogens is 330 g/mol. The molecule has 1 aliphatic heterocycles. The molecule has 0 unspecified atom stereocenters. The van der Waals surface area contributed by atoms with E-state index in [-0.39, 0.29) is 11.9 Å². The fourth-order valence-corrected chi connectivity index (χ4v) is 3.63. The van der Waals surface area contributed by atoms with Gasteiger partial charge < -0.3 is 14.2 Å². The molecule has 1 saturated carbocycles. The van der Waals surface area contributed by atoms with Crippen molar-refractivity contribution in [1.82, 2.24) is 24.6 Å². The topological polar surface area (TPSA) is 73.1 Å². The lowest BCUT2D eigenvalue weighted by atomic mass is 9.86. The normalized spacial score (nSPS) is 20.3. The Morgan fingerprint density at radius 1 is 1.23 bits per heavy atom. The van der Waals surface area contributed by atoms with Gasteiger partial charge in [-0.25, -0.2) is 0 Å². The molecule has 0 aromatic carbocycles. The summed E-state index contributed by atoms with van der Waals surface area (Å²) in [5.41, 5.74) is 0.675. The Labute approximate surface area is 153 Å². The number of rotatable bonds is 5. The average molecular weight is 355 g/mol. The molecule has 1 aliphatic carbocycles. The molecule has 4 rings (SSSR count). The van der Waals surface area contributed by atoms with Crippen molar-refractivity contribution in [1.29, 1.82) is 0 Å². The highest BCUT2D eigenvalue weighted by molar-refractivity contribution is 5.94. The third-order valence-corrected chi connectivity index (χ3v) is 5.48. The smallest absolute Gasteiger partial charge is 0.254 e. The highest BCUT2D eigenvalue weighted by Crippen LogP contribution is 2.26. The van der Waals surface area contributed by atoms with Gasteiger partial charge in [0.1, 0.15) is 12.4 Å². The van der Waals surface area contributed by atoms with E-state index >= 15 is 0 Å². The Hall–Kier alpha value is -2.28. The average Bonchev–Trinajstić information content (AvgIpc) is 2.91. The largest absolute Gasteiger partial charge is 0.373 e. The van der Waals surface area contributed by atoms with Crippen LogP contribution in [0, 0.1) is 5.92 Å². The second-order valence-electron chi connectivity index (χ2n) is 7.28. The molecule has 3 heterocycles. The first-order chi connectivity index (χ1) is 12.7. The van der Waals surface area contributed by atoms with Crippen molar-refractivity contribution in [3.05, 3.63) is 41.7 Å². The summed E-state index contributed by atoms with van der Waals surface area (Å²) in [6.45, 7) is 4.71. The van der Waals surface area contributed by atoms with Gasteiger partial charge in [0, 0.05) is 50.1 Å². The van der Waals surface area contributed by atoms with E-state index in [0.29, 0.717) is 31.7 Å². The third-order valence-electron chi connectivity index (χ3n) is 5.48. The summed E-state index contributed by atoms with van der Waals surface area (Å²) < 4.78 is 7.97. The van der Waals surface area contributed by atoms with Gasteiger partial charge in [0.05, 0.1) is 0 Å². The van der Waals surface area contributed by atoms with Crippen molar-refractivity contribution >= 4 is 5.91 Å². The molecule has 26 heavy (non-hydrogen) atoms. The summed E-state index contributed by atoms with van der Waals surface area (Å²) >= 11 is 0. The maximum absolute atomic E-state index is 12.8. The number of hydrogen-bond donors (Lipinski definition) is 0. The van der Waals surface area contributed by atoms with E-state index in [1.807, 2.05) is 4.90 Å². The van der Waals surface area contributed by atoms with Crippen LogP contribution in [-0.4, -0.2) is 49.7 Å². The molecule has 138 valence electrons. The first-order valence-electron chi connectivity index (χ1n) is 9.42. The fraction of sp³-hybridized carbons (Fsp3) is 0.579. The predicted octanol–water partition coefficient (Wildman–Crippen LogP) is 2.08. The van der Waals surface area contributed by atoms with Crippen molar-refractivity contribution in [3.8, 4) is 0 Å². The molecule has 0 N–H and O–H groups in total. The molecule has 2 aromatic heterocycles. The van der Waals surface area contributed by atoms with Crippen molar-refractivity contribution < 1.29 is 9.53 Å². The number of ether oxygens (including phenoxy) is 1. The number of carbonyl (C=O) groups excluding carboxylic acids is 1. The van der Waals surface area contributed by atoms with E-state index < -0.39 is 0 Å². The number of nitrogens with zero attached hydrogens (tertiary/aromatic N) is 5. The van der Waals surface area contributed by atoms with Crippen molar-refractivity contribution in [3.63, 3.8) is 0 Å². The zero-order valence-electron chi connectivity index (χ0n) is 15.2. The van der Waals surface area contributed by atoms with Gasteiger partial charge in [0.15, 0.2) is 5.82 Å². The maximum atomic E-state index is 12.8.